The molecule has 122 valence electrons. The smallest absolute Gasteiger partial charge is 0.259 e. The summed E-state index contributed by atoms with van der Waals surface area (Å²) in [5.74, 6) is -0.179. The number of nitrogens with one attached hydrogen (secondary N) is 2. The lowest BCUT2D eigenvalue weighted by Crippen LogP contribution is -2.14. The average Bonchev–Trinajstić information content (AvgIpc) is 2.92. The summed E-state index contributed by atoms with van der Waals surface area (Å²) < 4.78 is 12.9. The number of carbonyl (C=O) groups is 1. The van der Waals surface area contributed by atoms with E-state index in [0.29, 0.717) is 28.5 Å². The second-order valence-corrected chi connectivity index (χ2v) is 6.16. The van der Waals surface area contributed by atoms with Crippen molar-refractivity contribution in [3.8, 4) is 0 Å². The van der Waals surface area contributed by atoms with Crippen LogP contribution in [0.2, 0.25) is 0 Å². The fourth-order valence-corrected chi connectivity index (χ4v) is 2.97. The van der Waals surface area contributed by atoms with Crippen LogP contribution in [0.4, 0.5) is 15.8 Å². The number of hydrogen-bond acceptors (Lipinski definition) is 3. The highest BCUT2D eigenvalue weighted by molar-refractivity contribution is 6.11. The second kappa shape index (κ2) is 5.63. The van der Waals surface area contributed by atoms with E-state index in [1.165, 1.54) is 49.7 Å². The van der Waals surface area contributed by atoms with Crippen molar-refractivity contribution in [1.82, 2.24) is 9.97 Å². The van der Waals surface area contributed by atoms with E-state index in [2.05, 4.69) is 15.3 Å². The lowest BCUT2D eigenvalue weighted by molar-refractivity contribution is 0.102. The number of benzene rings is 1. The van der Waals surface area contributed by atoms with Crippen molar-refractivity contribution in [1.29, 1.82) is 0 Å². The first-order valence-electron chi connectivity index (χ1n) is 7.96. The number of pyridine rings is 1. The standard InChI is InChI=1S/C18H17FN4O/c19-11-4-6-12(7-5-11)22-18(24)14-9-21-17-13(16(14)20)8-15(23-17)10-2-1-3-10/h4-10H,1-3H2,(H,22,24)(H3,20,21,23). The van der Waals surface area contributed by atoms with Gasteiger partial charge in [0.25, 0.3) is 5.91 Å². The van der Waals surface area contributed by atoms with Crippen LogP contribution >= 0.6 is 0 Å². The predicted molar refractivity (Wildman–Crippen MR) is 91.5 cm³/mol. The van der Waals surface area contributed by atoms with Crippen LogP contribution in [0.3, 0.4) is 0 Å². The van der Waals surface area contributed by atoms with Crippen LogP contribution in [0.1, 0.15) is 41.2 Å². The van der Waals surface area contributed by atoms with Gasteiger partial charge in [-0.05, 0) is 49.1 Å². The Morgan fingerprint density at radius 2 is 2.04 bits per heavy atom. The molecule has 0 atom stereocenters. The number of aromatic amines is 1. The number of fused-ring (bicyclic) bond motifs is 1. The van der Waals surface area contributed by atoms with Crippen molar-refractivity contribution in [3.05, 3.63) is 53.6 Å². The highest BCUT2D eigenvalue weighted by atomic mass is 19.1. The topological polar surface area (TPSA) is 83.8 Å². The number of nitrogens with two attached hydrogens (primary N) is 1. The van der Waals surface area contributed by atoms with E-state index in [1.807, 2.05) is 6.07 Å². The molecule has 2 aromatic heterocycles. The van der Waals surface area contributed by atoms with Crippen molar-refractivity contribution in [2.24, 2.45) is 0 Å². The zero-order valence-electron chi connectivity index (χ0n) is 13.0. The second-order valence-electron chi connectivity index (χ2n) is 6.16. The van der Waals surface area contributed by atoms with Gasteiger partial charge in [0.1, 0.15) is 11.5 Å². The molecule has 1 fully saturated rings. The molecule has 0 bridgehead atoms. The van der Waals surface area contributed by atoms with E-state index < -0.39 is 0 Å². The Balaban J connectivity index is 1.64. The molecule has 1 aromatic carbocycles. The highest BCUT2D eigenvalue weighted by Gasteiger charge is 2.23. The van der Waals surface area contributed by atoms with Gasteiger partial charge in [0.05, 0.1) is 11.3 Å². The summed E-state index contributed by atoms with van der Waals surface area (Å²) in [4.78, 5) is 20.1. The first-order chi connectivity index (χ1) is 11.6. The molecular weight excluding hydrogens is 307 g/mol. The van der Waals surface area contributed by atoms with Gasteiger partial charge in [0, 0.05) is 23.0 Å². The van der Waals surface area contributed by atoms with Crippen molar-refractivity contribution in [2.45, 2.75) is 25.2 Å². The molecule has 0 radical (unpaired) electrons. The van der Waals surface area contributed by atoms with Gasteiger partial charge in [-0.15, -0.1) is 0 Å². The summed E-state index contributed by atoms with van der Waals surface area (Å²) in [6.07, 6.45) is 5.06. The third-order valence-electron chi connectivity index (χ3n) is 4.61. The molecule has 4 rings (SSSR count). The van der Waals surface area contributed by atoms with Crippen LogP contribution in [0.15, 0.2) is 36.5 Å². The van der Waals surface area contributed by atoms with Crippen molar-refractivity contribution in [3.63, 3.8) is 0 Å². The Hall–Kier alpha value is -2.89. The Kier molecular flexibility index (Phi) is 3.45. The van der Waals surface area contributed by atoms with Crippen LogP contribution in [0.5, 0.6) is 0 Å². The highest BCUT2D eigenvalue weighted by Crippen LogP contribution is 2.38. The van der Waals surface area contributed by atoms with E-state index in [-0.39, 0.29) is 11.7 Å². The number of hydrogen-bond donors (Lipinski definition) is 3. The number of amides is 1. The van der Waals surface area contributed by atoms with E-state index in [9.17, 15) is 9.18 Å². The predicted octanol–water partition coefficient (Wildman–Crippen LogP) is 3.80. The number of H-pyrrole nitrogens is 1. The lowest BCUT2D eigenvalue weighted by Gasteiger charge is -2.23. The average molecular weight is 324 g/mol. The summed E-state index contributed by atoms with van der Waals surface area (Å²) in [5, 5.41) is 3.47. The quantitative estimate of drug-likeness (QED) is 0.685. The lowest BCUT2D eigenvalue weighted by atomic mass is 9.83. The number of anilines is 2. The normalized spacial score (nSPS) is 14.5. The molecule has 4 N–H and O–H groups in total. The van der Waals surface area contributed by atoms with Gasteiger partial charge >= 0.3 is 0 Å². The summed E-state index contributed by atoms with van der Waals surface area (Å²) in [5.41, 5.74) is 9.24. The maximum atomic E-state index is 12.9. The molecule has 2 heterocycles. The molecule has 0 unspecified atom stereocenters. The minimum Gasteiger partial charge on any atom is -0.397 e. The monoisotopic (exact) mass is 324 g/mol. The van der Waals surface area contributed by atoms with E-state index >= 15 is 0 Å². The van der Waals surface area contributed by atoms with Gasteiger partial charge in [-0.3, -0.25) is 4.79 Å². The molecule has 6 heteroatoms. The van der Waals surface area contributed by atoms with Crippen molar-refractivity contribution >= 4 is 28.3 Å². The number of carbonyl (C=O) groups excluding carboxylic acids is 1. The number of rotatable bonds is 3. The third kappa shape index (κ3) is 2.50. The molecule has 0 saturated heterocycles. The molecule has 3 aromatic rings. The Bertz CT molecular complexity index is 913. The van der Waals surface area contributed by atoms with E-state index in [0.717, 1.165) is 11.1 Å². The van der Waals surface area contributed by atoms with Crippen LogP contribution in [-0.4, -0.2) is 15.9 Å². The minimum absolute atomic E-state index is 0.311. The largest absolute Gasteiger partial charge is 0.397 e. The van der Waals surface area contributed by atoms with Crippen LogP contribution in [0.25, 0.3) is 11.0 Å². The molecular formula is C18H17FN4O. The summed E-state index contributed by atoms with van der Waals surface area (Å²) in [6.45, 7) is 0. The van der Waals surface area contributed by atoms with Gasteiger partial charge in [-0.1, -0.05) is 6.42 Å². The van der Waals surface area contributed by atoms with Crippen LogP contribution < -0.4 is 11.1 Å². The summed E-state index contributed by atoms with van der Waals surface area (Å²) >= 11 is 0. The zero-order chi connectivity index (χ0) is 16.7. The zero-order valence-corrected chi connectivity index (χ0v) is 13.0. The van der Waals surface area contributed by atoms with Crippen LogP contribution in [0, 0.1) is 5.82 Å². The maximum Gasteiger partial charge on any atom is 0.259 e. The third-order valence-corrected chi connectivity index (χ3v) is 4.61. The van der Waals surface area contributed by atoms with Gasteiger partial charge in [-0.2, -0.15) is 0 Å². The minimum atomic E-state index is -0.361. The fraction of sp³-hybridized carbons (Fsp3) is 0.222. The number of nitrogens with zero attached hydrogens (tertiary/aromatic N) is 1. The molecule has 5 nitrogen and oxygen atoms in total. The maximum absolute atomic E-state index is 12.9. The number of nitrogen functional groups attached to an aromatic ring is 1. The Morgan fingerprint density at radius 1 is 1.29 bits per heavy atom. The Labute approximate surface area is 138 Å². The molecule has 1 saturated carbocycles. The van der Waals surface area contributed by atoms with Crippen molar-refractivity contribution in [2.75, 3.05) is 11.1 Å². The SMILES string of the molecule is Nc1c(C(=O)Nc2ccc(F)cc2)cnc2[nH]c(C3CCC3)cc12. The number of halogens is 1. The molecule has 1 amide bonds. The van der Waals surface area contributed by atoms with E-state index in [4.69, 9.17) is 5.73 Å². The summed E-state index contributed by atoms with van der Waals surface area (Å²) in [7, 11) is 0. The van der Waals surface area contributed by atoms with E-state index in [1.54, 1.807) is 0 Å². The molecule has 0 aliphatic heterocycles. The fourth-order valence-electron chi connectivity index (χ4n) is 2.97. The van der Waals surface area contributed by atoms with Gasteiger partial charge in [0.2, 0.25) is 0 Å². The Morgan fingerprint density at radius 3 is 2.71 bits per heavy atom. The number of aromatic nitrogens is 2. The molecule has 0 spiro atoms. The van der Waals surface area contributed by atoms with Gasteiger partial charge in [-0.25, -0.2) is 9.37 Å². The van der Waals surface area contributed by atoms with Gasteiger partial charge < -0.3 is 16.0 Å². The molecule has 24 heavy (non-hydrogen) atoms. The van der Waals surface area contributed by atoms with Crippen LogP contribution in [-0.2, 0) is 0 Å². The van der Waals surface area contributed by atoms with Gasteiger partial charge in [0.15, 0.2) is 0 Å². The first-order valence-corrected chi connectivity index (χ1v) is 7.96. The molecule has 1 aliphatic carbocycles. The summed E-state index contributed by atoms with van der Waals surface area (Å²) in [6, 6.07) is 7.58. The van der Waals surface area contributed by atoms with Crippen molar-refractivity contribution < 1.29 is 9.18 Å². The first kappa shape index (κ1) is 14.7. The molecule has 1 aliphatic rings.